The molecular weight excluding hydrogens is 435 g/mol. The van der Waals surface area contributed by atoms with Crippen LogP contribution in [0.5, 0.6) is 0 Å². The standard InChI is InChI=1S/C23H20BrFN2O2/c24-19-9-7-17(8-10-19)22(28)26-15-4-16-27(21-13-11-20(25)12-14-21)23(29)18-5-2-1-3-6-18/h1-3,5-14H,4,15-16H2,(H,26,28). The molecule has 0 bridgehead atoms. The fourth-order valence-electron chi connectivity index (χ4n) is 2.85. The minimum atomic E-state index is -0.359. The van der Waals surface area contributed by atoms with Crippen LogP contribution in [0.3, 0.4) is 0 Å². The van der Waals surface area contributed by atoms with Crippen molar-refractivity contribution >= 4 is 33.4 Å². The average molecular weight is 455 g/mol. The summed E-state index contributed by atoms with van der Waals surface area (Å²) in [7, 11) is 0. The molecular formula is C23H20BrFN2O2. The lowest BCUT2D eigenvalue weighted by molar-refractivity contribution is 0.0953. The van der Waals surface area contributed by atoms with Crippen LogP contribution in [0, 0.1) is 5.82 Å². The molecule has 0 aliphatic carbocycles. The number of carbonyl (C=O) groups is 2. The van der Waals surface area contributed by atoms with Crippen LogP contribution in [0.4, 0.5) is 10.1 Å². The maximum absolute atomic E-state index is 13.3. The number of benzene rings is 3. The van der Waals surface area contributed by atoms with Crippen molar-refractivity contribution in [3.05, 3.63) is 100 Å². The summed E-state index contributed by atoms with van der Waals surface area (Å²) in [5.41, 5.74) is 1.74. The Morgan fingerprint density at radius 1 is 0.862 bits per heavy atom. The second kappa shape index (κ2) is 9.98. The smallest absolute Gasteiger partial charge is 0.258 e. The Morgan fingerprint density at radius 2 is 1.52 bits per heavy atom. The van der Waals surface area contributed by atoms with Crippen LogP contribution in [0.25, 0.3) is 0 Å². The quantitative estimate of drug-likeness (QED) is 0.507. The second-order valence-corrected chi connectivity index (χ2v) is 7.33. The van der Waals surface area contributed by atoms with Gasteiger partial charge in [0.15, 0.2) is 0 Å². The van der Waals surface area contributed by atoms with E-state index in [4.69, 9.17) is 0 Å². The number of nitrogens with one attached hydrogen (secondary N) is 1. The molecule has 3 rings (SSSR count). The van der Waals surface area contributed by atoms with Crippen LogP contribution in [-0.4, -0.2) is 24.9 Å². The van der Waals surface area contributed by atoms with Crippen molar-refractivity contribution in [3.8, 4) is 0 Å². The highest BCUT2D eigenvalue weighted by molar-refractivity contribution is 9.10. The van der Waals surface area contributed by atoms with E-state index in [0.29, 0.717) is 36.3 Å². The fourth-order valence-corrected chi connectivity index (χ4v) is 3.11. The van der Waals surface area contributed by atoms with Crippen molar-refractivity contribution in [2.75, 3.05) is 18.0 Å². The van der Waals surface area contributed by atoms with E-state index in [0.717, 1.165) is 4.47 Å². The van der Waals surface area contributed by atoms with Crippen LogP contribution in [0.2, 0.25) is 0 Å². The van der Waals surface area contributed by atoms with Crippen molar-refractivity contribution in [2.45, 2.75) is 6.42 Å². The molecule has 0 aliphatic rings. The minimum Gasteiger partial charge on any atom is -0.352 e. The Morgan fingerprint density at radius 3 is 2.17 bits per heavy atom. The molecule has 0 atom stereocenters. The molecule has 0 radical (unpaired) electrons. The summed E-state index contributed by atoms with van der Waals surface area (Å²) in [6.07, 6.45) is 0.554. The zero-order valence-electron chi connectivity index (χ0n) is 15.6. The van der Waals surface area contributed by atoms with Crippen molar-refractivity contribution in [1.29, 1.82) is 0 Å². The first-order valence-electron chi connectivity index (χ1n) is 9.21. The van der Waals surface area contributed by atoms with Crippen LogP contribution in [0.1, 0.15) is 27.1 Å². The molecule has 29 heavy (non-hydrogen) atoms. The van der Waals surface area contributed by atoms with Crippen molar-refractivity contribution in [2.24, 2.45) is 0 Å². The van der Waals surface area contributed by atoms with Gasteiger partial charge in [-0.3, -0.25) is 9.59 Å². The third-order valence-corrected chi connectivity index (χ3v) is 4.88. The number of nitrogens with zero attached hydrogens (tertiary/aromatic N) is 1. The highest BCUT2D eigenvalue weighted by Gasteiger charge is 2.17. The second-order valence-electron chi connectivity index (χ2n) is 6.42. The molecule has 0 heterocycles. The molecule has 2 amide bonds. The molecule has 0 aliphatic heterocycles. The van der Waals surface area contributed by atoms with Gasteiger partial charge >= 0.3 is 0 Å². The predicted octanol–water partition coefficient (Wildman–Crippen LogP) is 5.06. The van der Waals surface area contributed by atoms with Crippen molar-refractivity contribution < 1.29 is 14.0 Å². The molecule has 3 aromatic carbocycles. The Kier molecular flexibility index (Phi) is 7.14. The Bertz CT molecular complexity index is 960. The number of rotatable bonds is 7. The van der Waals surface area contributed by atoms with Crippen molar-refractivity contribution in [3.63, 3.8) is 0 Å². The minimum absolute atomic E-state index is 0.166. The lowest BCUT2D eigenvalue weighted by Crippen LogP contribution is -2.34. The number of amides is 2. The maximum atomic E-state index is 13.3. The summed E-state index contributed by atoms with van der Waals surface area (Å²) in [6, 6.07) is 21.8. The van der Waals surface area contributed by atoms with E-state index in [9.17, 15) is 14.0 Å². The maximum Gasteiger partial charge on any atom is 0.258 e. The monoisotopic (exact) mass is 454 g/mol. The first-order valence-corrected chi connectivity index (χ1v) is 10.00. The zero-order valence-corrected chi connectivity index (χ0v) is 17.2. The summed E-state index contributed by atoms with van der Waals surface area (Å²) >= 11 is 3.34. The molecule has 4 nitrogen and oxygen atoms in total. The molecule has 1 N–H and O–H groups in total. The summed E-state index contributed by atoms with van der Waals surface area (Å²) in [5, 5.41) is 2.86. The molecule has 0 aromatic heterocycles. The Labute approximate surface area is 177 Å². The largest absolute Gasteiger partial charge is 0.352 e. The van der Waals surface area contributed by atoms with Gasteiger partial charge in [-0.2, -0.15) is 0 Å². The SMILES string of the molecule is O=C(NCCCN(C(=O)c1ccccc1)c1ccc(F)cc1)c1ccc(Br)cc1. The van der Waals surface area contributed by atoms with Gasteiger partial charge in [0.25, 0.3) is 11.8 Å². The molecule has 6 heteroatoms. The van der Waals surface area contributed by atoms with E-state index in [-0.39, 0.29) is 17.6 Å². The first-order chi connectivity index (χ1) is 14.0. The van der Waals surface area contributed by atoms with Gasteiger partial charge in [-0.15, -0.1) is 0 Å². The first kappa shape index (κ1) is 20.7. The van der Waals surface area contributed by atoms with Crippen LogP contribution >= 0.6 is 15.9 Å². The highest BCUT2D eigenvalue weighted by Crippen LogP contribution is 2.18. The van der Waals surface area contributed by atoms with Crippen LogP contribution < -0.4 is 10.2 Å². The number of hydrogen-bond donors (Lipinski definition) is 1. The summed E-state index contributed by atoms with van der Waals surface area (Å²) in [5.74, 6) is -0.695. The molecule has 148 valence electrons. The third kappa shape index (κ3) is 5.74. The number of anilines is 1. The fraction of sp³-hybridized carbons (Fsp3) is 0.130. The lowest BCUT2D eigenvalue weighted by Gasteiger charge is -2.23. The normalized spacial score (nSPS) is 10.4. The highest BCUT2D eigenvalue weighted by atomic mass is 79.9. The summed E-state index contributed by atoms with van der Waals surface area (Å²) in [4.78, 5) is 26.8. The van der Waals surface area contributed by atoms with Gasteiger partial charge in [0.1, 0.15) is 5.82 Å². The Balaban J connectivity index is 1.64. The predicted molar refractivity (Wildman–Crippen MR) is 116 cm³/mol. The summed E-state index contributed by atoms with van der Waals surface area (Å²) in [6.45, 7) is 0.800. The van der Waals surface area contributed by atoms with E-state index < -0.39 is 0 Å². The lowest BCUT2D eigenvalue weighted by atomic mass is 10.1. The Hall–Kier alpha value is -2.99. The third-order valence-electron chi connectivity index (χ3n) is 4.35. The van der Waals surface area contributed by atoms with E-state index in [1.54, 1.807) is 53.4 Å². The molecule has 0 saturated heterocycles. The van der Waals surface area contributed by atoms with Gasteiger partial charge in [-0.1, -0.05) is 34.1 Å². The van der Waals surface area contributed by atoms with E-state index in [2.05, 4.69) is 21.2 Å². The van der Waals surface area contributed by atoms with Gasteiger partial charge in [0.2, 0.25) is 0 Å². The molecule has 0 spiro atoms. The topological polar surface area (TPSA) is 49.4 Å². The van der Waals surface area contributed by atoms with Gasteiger partial charge in [0, 0.05) is 34.4 Å². The van der Waals surface area contributed by atoms with Gasteiger partial charge in [-0.05, 0) is 67.1 Å². The summed E-state index contributed by atoms with van der Waals surface area (Å²) < 4.78 is 14.2. The van der Waals surface area contributed by atoms with Crippen LogP contribution in [0.15, 0.2) is 83.3 Å². The number of carbonyl (C=O) groups excluding carboxylic acids is 2. The number of halogens is 2. The van der Waals surface area contributed by atoms with Gasteiger partial charge in [0.05, 0.1) is 0 Å². The molecule has 3 aromatic rings. The molecule has 0 fully saturated rings. The average Bonchev–Trinajstić information content (AvgIpc) is 2.75. The van der Waals surface area contributed by atoms with Crippen LogP contribution in [-0.2, 0) is 0 Å². The van der Waals surface area contributed by atoms with Gasteiger partial charge < -0.3 is 10.2 Å². The van der Waals surface area contributed by atoms with E-state index >= 15 is 0 Å². The van der Waals surface area contributed by atoms with Gasteiger partial charge in [-0.25, -0.2) is 4.39 Å². The zero-order chi connectivity index (χ0) is 20.6. The van der Waals surface area contributed by atoms with E-state index in [1.165, 1.54) is 12.1 Å². The number of hydrogen-bond acceptors (Lipinski definition) is 2. The van der Waals surface area contributed by atoms with Crippen molar-refractivity contribution in [1.82, 2.24) is 5.32 Å². The molecule has 0 saturated carbocycles. The molecule has 0 unspecified atom stereocenters. The van der Waals surface area contributed by atoms with E-state index in [1.807, 2.05) is 18.2 Å².